The number of amides is 4. The Balaban J connectivity index is 2.15. The van der Waals surface area contributed by atoms with E-state index in [9.17, 15) is 28.8 Å². The van der Waals surface area contributed by atoms with Gasteiger partial charge in [0.2, 0.25) is 11.8 Å². The first-order chi connectivity index (χ1) is 16.9. The highest BCUT2D eigenvalue weighted by atomic mass is 32.1. The maximum atomic E-state index is 12.5. The van der Waals surface area contributed by atoms with E-state index in [1.165, 1.54) is 13.8 Å². The summed E-state index contributed by atoms with van der Waals surface area (Å²) in [5, 5.41) is 5.19. The van der Waals surface area contributed by atoms with E-state index in [-0.39, 0.29) is 68.1 Å². The fraction of sp³-hybridized carbons (Fsp3) is 0.364. The Hall–Kier alpha value is -3.78. The second kappa shape index (κ2) is 12.3. The second-order valence-corrected chi connectivity index (χ2v) is 9.33. The monoisotopic (exact) mass is 538 g/mol. The number of ether oxygens (including phenoxy) is 2. The molecule has 0 aromatic carbocycles. The molecule has 2 aromatic heterocycles. The van der Waals surface area contributed by atoms with Crippen LogP contribution in [0, 0.1) is 13.8 Å². The minimum Gasteiger partial charge on any atom is -0.462 e. The van der Waals surface area contributed by atoms with Crippen LogP contribution in [0.25, 0.3) is 0 Å². The largest absolute Gasteiger partial charge is 0.462 e. The number of carbonyl (C=O) groups excluding carboxylic acids is 6. The van der Waals surface area contributed by atoms with Gasteiger partial charge in [-0.25, -0.2) is 9.59 Å². The SMILES string of the molecule is CCOC(=O)c1c(NC(=O)CCC(=O)Nc2sc(C(N)=O)c(C)c2C(=O)OCC)sc(C(N)=O)c1C. The van der Waals surface area contributed by atoms with Gasteiger partial charge in [0, 0.05) is 12.8 Å². The van der Waals surface area contributed by atoms with E-state index in [4.69, 9.17) is 20.9 Å². The van der Waals surface area contributed by atoms with Crippen molar-refractivity contribution in [2.75, 3.05) is 23.8 Å². The van der Waals surface area contributed by atoms with Gasteiger partial charge in [0.15, 0.2) is 0 Å². The van der Waals surface area contributed by atoms with Crippen LogP contribution >= 0.6 is 22.7 Å². The van der Waals surface area contributed by atoms with E-state index in [0.29, 0.717) is 0 Å². The standard InChI is InChI=1S/C22H26N4O8S2/c1-5-33-21(31)13-9(3)15(17(23)29)35-19(13)25-11(27)7-8-12(28)26-20-14(22(32)34-6-2)10(4)16(36-20)18(24)30/h5-8H2,1-4H3,(H2,23,29)(H2,24,30)(H,25,27)(H,26,28). The molecule has 2 rings (SSSR count). The van der Waals surface area contributed by atoms with Crippen LogP contribution in [0.15, 0.2) is 0 Å². The molecule has 0 bridgehead atoms. The molecule has 0 aliphatic carbocycles. The summed E-state index contributed by atoms with van der Waals surface area (Å²) in [5.41, 5.74) is 11.3. The number of hydrogen-bond acceptors (Lipinski definition) is 10. The molecule has 4 amide bonds. The van der Waals surface area contributed by atoms with Crippen LogP contribution in [0.5, 0.6) is 0 Å². The number of primary amides is 2. The average molecular weight is 539 g/mol. The first-order valence-electron chi connectivity index (χ1n) is 10.7. The van der Waals surface area contributed by atoms with Crippen molar-refractivity contribution in [3.05, 3.63) is 32.0 Å². The highest BCUT2D eigenvalue weighted by Crippen LogP contribution is 2.35. The van der Waals surface area contributed by atoms with Crippen LogP contribution in [-0.2, 0) is 19.1 Å². The maximum absolute atomic E-state index is 12.5. The first kappa shape index (κ1) is 28.5. The Bertz CT molecular complexity index is 1140. The van der Waals surface area contributed by atoms with Gasteiger partial charge in [-0.1, -0.05) is 0 Å². The van der Waals surface area contributed by atoms with Gasteiger partial charge in [0.25, 0.3) is 11.8 Å². The van der Waals surface area contributed by atoms with Gasteiger partial charge < -0.3 is 31.6 Å². The van der Waals surface area contributed by atoms with Crippen molar-refractivity contribution < 1.29 is 38.2 Å². The fourth-order valence-electron chi connectivity index (χ4n) is 3.18. The van der Waals surface area contributed by atoms with Crippen LogP contribution in [0.3, 0.4) is 0 Å². The van der Waals surface area contributed by atoms with E-state index in [1.807, 2.05) is 0 Å². The summed E-state index contributed by atoms with van der Waals surface area (Å²) in [6, 6.07) is 0. The summed E-state index contributed by atoms with van der Waals surface area (Å²) in [6.07, 6.45) is -0.586. The lowest BCUT2D eigenvalue weighted by molar-refractivity contribution is -0.121. The normalized spacial score (nSPS) is 10.4. The van der Waals surface area contributed by atoms with Crippen molar-refractivity contribution in [3.8, 4) is 0 Å². The molecule has 36 heavy (non-hydrogen) atoms. The number of esters is 2. The quantitative estimate of drug-likeness (QED) is 0.312. The Labute approximate surface area is 214 Å². The molecular formula is C22H26N4O8S2. The Morgan fingerprint density at radius 2 is 1.03 bits per heavy atom. The molecule has 6 N–H and O–H groups in total. The predicted octanol–water partition coefficient (Wildman–Crippen LogP) is 2.34. The lowest BCUT2D eigenvalue weighted by Crippen LogP contribution is -2.19. The molecule has 2 heterocycles. The van der Waals surface area contributed by atoms with E-state index >= 15 is 0 Å². The number of carbonyl (C=O) groups is 6. The smallest absolute Gasteiger partial charge is 0.341 e. The zero-order chi connectivity index (χ0) is 27.2. The molecule has 0 fully saturated rings. The van der Waals surface area contributed by atoms with Crippen molar-refractivity contribution >= 4 is 68.2 Å². The van der Waals surface area contributed by atoms with Crippen LogP contribution in [0.1, 0.15) is 77.9 Å². The molecule has 194 valence electrons. The van der Waals surface area contributed by atoms with Gasteiger partial charge in [0.05, 0.1) is 34.1 Å². The topological polar surface area (TPSA) is 197 Å². The molecule has 0 saturated carbocycles. The van der Waals surface area contributed by atoms with Crippen LogP contribution in [0.4, 0.5) is 10.0 Å². The van der Waals surface area contributed by atoms with Crippen molar-refractivity contribution in [2.45, 2.75) is 40.5 Å². The summed E-state index contributed by atoms with van der Waals surface area (Å²) < 4.78 is 9.99. The molecule has 0 saturated heterocycles. The minimum atomic E-state index is -0.762. The lowest BCUT2D eigenvalue weighted by Gasteiger charge is -2.08. The van der Waals surface area contributed by atoms with Crippen LogP contribution in [-0.4, -0.2) is 48.8 Å². The van der Waals surface area contributed by atoms with Gasteiger partial charge in [-0.05, 0) is 38.8 Å². The van der Waals surface area contributed by atoms with Gasteiger partial charge in [-0.3, -0.25) is 19.2 Å². The minimum absolute atomic E-state index is 0.0144. The Kier molecular flexibility index (Phi) is 9.69. The highest BCUT2D eigenvalue weighted by molar-refractivity contribution is 7.19. The maximum Gasteiger partial charge on any atom is 0.341 e. The molecule has 0 aliphatic rings. The third kappa shape index (κ3) is 6.46. The van der Waals surface area contributed by atoms with Gasteiger partial charge in [-0.15, -0.1) is 22.7 Å². The summed E-state index contributed by atoms with van der Waals surface area (Å²) in [5.74, 6) is -4.20. The number of nitrogens with one attached hydrogen (secondary N) is 2. The molecule has 12 nitrogen and oxygen atoms in total. The van der Waals surface area contributed by atoms with E-state index < -0.39 is 35.6 Å². The van der Waals surface area contributed by atoms with E-state index in [1.54, 1.807) is 13.8 Å². The van der Waals surface area contributed by atoms with Gasteiger partial charge in [0.1, 0.15) is 10.0 Å². The third-order valence-corrected chi connectivity index (χ3v) is 7.23. The zero-order valence-electron chi connectivity index (χ0n) is 20.1. The van der Waals surface area contributed by atoms with Crippen molar-refractivity contribution in [3.63, 3.8) is 0 Å². The predicted molar refractivity (Wildman–Crippen MR) is 134 cm³/mol. The van der Waals surface area contributed by atoms with Crippen LogP contribution in [0.2, 0.25) is 0 Å². The molecule has 14 heteroatoms. The van der Waals surface area contributed by atoms with Crippen molar-refractivity contribution in [2.24, 2.45) is 11.5 Å². The Morgan fingerprint density at radius 3 is 1.31 bits per heavy atom. The van der Waals surface area contributed by atoms with E-state index in [0.717, 1.165) is 22.7 Å². The number of hydrogen-bond donors (Lipinski definition) is 4. The summed E-state index contributed by atoms with van der Waals surface area (Å²) in [6.45, 7) is 6.41. The van der Waals surface area contributed by atoms with Crippen LogP contribution < -0.4 is 22.1 Å². The average Bonchev–Trinajstić information content (AvgIpc) is 3.29. The second-order valence-electron chi connectivity index (χ2n) is 7.29. The number of thiophene rings is 2. The third-order valence-electron chi connectivity index (χ3n) is 4.79. The summed E-state index contributed by atoms with van der Waals surface area (Å²) in [4.78, 5) is 73.2. The fourth-order valence-corrected chi connectivity index (χ4v) is 5.30. The lowest BCUT2D eigenvalue weighted by atomic mass is 10.1. The first-order valence-corrected chi connectivity index (χ1v) is 12.4. The molecule has 2 aromatic rings. The molecular weight excluding hydrogens is 512 g/mol. The van der Waals surface area contributed by atoms with Crippen molar-refractivity contribution in [1.82, 2.24) is 0 Å². The number of anilines is 2. The van der Waals surface area contributed by atoms with Crippen molar-refractivity contribution in [1.29, 1.82) is 0 Å². The van der Waals surface area contributed by atoms with E-state index in [2.05, 4.69) is 10.6 Å². The summed E-state index contributed by atoms with van der Waals surface area (Å²) in [7, 11) is 0. The van der Waals surface area contributed by atoms with Gasteiger partial charge >= 0.3 is 11.9 Å². The molecule has 0 spiro atoms. The number of nitrogens with two attached hydrogens (primary N) is 2. The molecule has 0 atom stereocenters. The summed E-state index contributed by atoms with van der Waals surface area (Å²) >= 11 is 1.66. The Morgan fingerprint density at radius 1 is 0.694 bits per heavy atom. The zero-order valence-corrected chi connectivity index (χ0v) is 21.7. The molecule has 0 unspecified atom stereocenters. The highest BCUT2D eigenvalue weighted by Gasteiger charge is 2.27. The van der Waals surface area contributed by atoms with Gasteiger partial charge in [-0.2, -0.15) is 0 Å². The molecule has 0 radical (unpaired) electrons. The molecule has 0 aliphatic heterocycles. The number of rotatable bonds is 11.